The minimum Gasteiger partial charge on any atom is -0.741 e. The molecule has 0 aromatic carbocycles. The number of hydrogen-bond donors (Lipinski definition) is 0. The molecule has 10 heteroatoms. The fourth-order valence-corrected chi connectivity index (χ4v) is 13.9. The van der Waals surface area contributed by atoms with Gasteiger partial charge in [-0.15, -0.1) is 15.8 Å². The van der Waals surface area contributed by atoms with Crippen molar-refractivity contribution in [3.05, 3.63) is 24.3 Å². The van der Waals surface area contributed by atoms with E-state index in [4.69, 9.17) is 13.0 Å². The maximum absolute atomic E-state index is 10.7. The zero-order valence-corrected chi connectivity index (χ0v) is 27.3. The van der Waals surface area contributed by atoms with Crippen molar-refractivity contribution < 1.29 is 45.6 Å². The number of halogens is 3. The van der Waals surface area contributed by atoms with Gasteiger partial charge in [-0.05, 0) is 112 Å². The summed E-state index contributed by atoms with van der Waals surface area (Å²) in [7, 11) is -5.33. The molecule has 221 valence electrons. The third kappa shape index (κ3) is 13.7. The molecule has 4 atom stereocenters. The molecule has 2 saturated heterocycles. The van der Waals surface area contributed by atoms with E-state index in [-0.39, 0.29) is 19.5 Å². The van der Waals surface area contributed by atoms with Gasteiger partial charge >= 0.3 is 5.51 Å². The van der Waals surface area contributed by atoms with Gasteiger partial charge in [0.05, 0.1) is 0 Å². The second-order valence-corrected chi connectivity index (χ2v) is 17.1. The first-order chi connectivity index (χ1) is 17.0. The van der Waals surface area contributed by atoms with Crippen LogP contribution in [0, 0.1) is 0 Å². The SMILES string of the molecule is C1=CCC/C=C\CC1.CC[C@H]1CC[C@H](CC)P1CCP1[C@@H](CC)CC[C@@H]1CC.O=S(=O)([O-])C(F)(F)F.[Rh]. The van der Waals surface area contributed by atoms with E-state index in [1.54, 1.807) is 38.0 Å². The molecule has 0 bridgehead atoms. The molecule has 0 aromatic rings. The zero-order chi connectivity index (χ0) is 27.2. The van der Waals surface area contributed by atoms with Gasteiger partial charge in [-0.2, -0.15) is 13.2 Å². The van der Waals surface area contributed by atoms with Crippen LogP contribution in [0.5, 0.6) is 0 Å². The van der Waals surface area contributed by atoms with Crippen molar-refractivity contribution in [1.82, 2.24) is 0 Å². The fraction of sp³-hybridized carbons (Fsp3) is 0.852. The van der Waals surface area contributed by atoms with E-state index >= 15 is 0 Å². The summed E-state index contributed by atoms with van der Waals surface area (Å²) in [5.41, 5.74) is -1.12. The number of alkyl halides is 3. The van der Waals surface area contributed by atoms with Crippen molar-refractivity contribution in [1.29, 1.82) is 0 Å². The Morgan fingerprint density at radius 1 is 0.676 bits per heavy atom. The van der Waals surface area contributed by atoms with Crippen LogP contribution in [-0.2, 0) is 29.6 Å². The van der Waals surface area contributed by atoms with Crippen LogP contribution in [0.25, 0.3) is 0 Å². The van der Waals surface area contributed by atoms with Gasteiger partial charge in [0.1, 0.15) is 0 Å². The summed E-state index contributed by atoms with van der Waals surface area (Å²) in [4.78, 5) is 0. The molecule has 2 fully saturated rings. The number of hydrogen-bond acceptors (Lipinski definition) is 3. The Labute approximate surface area is 240 Å². The van der Waals surface area contributed by atoms with Gasteiger partial charge in [-0.1, -0.05) is 52.0 Å². The molecule has 0 N–H and O–H groups in total. The van der Waals surface area contributed by atoms with Crippen LogP contribution in [0.4, 0.5) is 13.2 Å². The first-order valence-corrected chi connectivity index (χ1v) is 18.6. The summed E-state index contributed by atoms with van der Waals surface area (Å²) in [6, 6.07) is 0. The number of rotatable bonds is 7. The molecule has 3 aliphatic rings. The first kappa shape index (κ1) is 37.7. The Bertz CT molecular complexity index is 684. The van der Waals surface area contributed by atoms with Crippen molar-refractivity contribution in [3.8, 4) is 0 Å². The van der Waals surface area contributed by atoms with Crippen molar-refractivity contribution in [3.63, 3.8) is 0 Å². The van der Waals surface area contributed by atoms with Crippen LogP contribution in [0.1, 0.15) is 105 Å². The Hall–Kier alpha value is 0.663. The molecule has 2 heterocycles. The van der Waals surface area contributed by atoms with E-state index in [2.05, 4.69) is 52.0 Å². The molecule has 37 heavy (non-hydrogen) atoms. The molecule has 3 rings (SSSR count). The molecule has 1 radical (unpaired) electrons. The van der Waals surface area contributed by atoms with Gasteiger partial charge in [-0.25, -0.2) is 8.42 Å². The van der Waals surface area contributed by atoms with E-state index in [1.165, 1.54) is 51.4 Å². The van der Waals surface area contributed by atoms with Crippen molar-refractivity contribution in [2.45, 2.75) is 133 Å². The maximum Gasteiger partial charge on any atom is 0.485 e. The van der Waals surface area contributed by atoms with Crippen LogP contribution in [0.15, 0.2) is 24.3 Å². The fourth-order valence-electron chi connectivity index (χ4n) is 5.60. The van der Waals surface area contributed by atoms with Gasteiger partial charge in [0.25, 0.3) is 0 Å². The van der Waals surface area contributed by atoms with Crippen molar-refractivity contribution in [2.75, 3.05) is 12.3 Å². The molecule has 0 unspecified atom stereocenters. The normalized spacial score (nSPS) is 27.7. The van der Waals surface area contributed by atoms with Crippen molar-refractivity contribution in [2.24, 2.45) is 0 Å². The van der Waals surface area contributed by atoms with Crippen LogP contribution < -0.4 is 0 Å². The summed E-state index contributed by atoms with van der Waals surface area (Å²) in [6.45, 7) is 9.79. The standard InChI is InChI=1S/C18H36P2.C8H12.CHF3O3S.Rh/c1-5-15-9-10-16(6-2)19(15)13-14-20-17(7-3)11-12-18(20)8-4;1-2-4-6-8-7-5-3-1;2-1(3,4)8(5,6)7;/h15-18H,5-14H2,1-4H3;1-2,7-8H,3-6H2;(H,5,6,7);/p-1/b;2-1-,8-7?;;/t15-,16-,17-,18-;;;/m0.../s1. The van der Waals surface area contributed by atoms with Gasteiger partial charge in [0, 0.05) is 19.5 Å². The van der Waals surface area contributed by atoms with E-state index in [0.29, 0.717) is 15.8 Å². The Morgan fingerprint density at radius 2 is 0.892 bits per heavy atom. The summed E-state index contributed by atoms with van der Waals surface area (Å²) >= 11 is 0. The van der Waals surface area contributed by atoms with Crippen molar-refractivity contribution >= 4 is 26.0 Å². The van der Waals surface area contributed by atoms with E-state index < -0.39 is 15.6 Å². The van der Waals surface area contributed by atoms with Crippen LogP contribution in [0.2, 0.25) is 0 Å². The Kier molecular flexibility index (Phi) is 20.0. The second-order valence-electron chi connectivity index (χ2n) is 9.88. The average Bonchev–Trinajstić information content (AvgIpc) is 3.39. The van der Waals surface area contributed by atoms with Gasteiger partial charge in [0.15, 0.2) is 10.1 Å². The first-order valence-electron chi connectivity index (χ1n) is 13.8. The smallest absolute Gasteiger partial charge is 0.485 e. The molecule has 3 nitrogen and oxygen atoms in total. The van der Waals surface area contributed by atoms with Crippen LogP contribution in [0.3, 0.4) is 0 Å². The second kappa shape index (κ2) is 19.7. The Balaban J connectivity index is 0.000000631. The topological polar surface area (TPSA) is 57.2 Å². The zero-order valence-electron chi connectivity index (χ0n) is 23.0. The molecular formula is C27H48F3O3P2RhS-. The number of allylic oxidation sites excluding steroid dienone is 4. The van der Waals surface area contributed by atoms with Crippen LogP contribution in [-0.4, -0.2) is 53.4 Å². The predicted octanol–water partition coefficient (Wildman–Crippen LogP) is 9.37. The van der Waals surface area contributed by atoms with E-state index in [1.807, 2.05) is 0 Å². The minimum atomic E-state index is -6.09. The van der Waals surface area contributed by atoms with E-state index in [0.717, 1.165) is 22.6 Å². The third-order valence-corrected chi connectivity index (χ3v) is 16.3. The largest absolute Gasteiger partial charge is 0.741 e. The summed E-state index contributed by atoms with van der Waals surface area (Å²) in [6.07, 6.45) is 29.4. The molecular weight excluding hydrogens is 626 g/mol. The Morgan fingerprint density at radius 3 is 1.05 bits per heavy atom. The molecule has 0 saturated carbocycles. The van der Waals surface area contributed by atoms with Gasteiger partial charge < -0.3 is 4.55 Å². The molecule has 0 aromatic heterocycles. The monoisotopic (exact) mass is 674 g/mol. The minimum absolute atomic E-state index is 0. The van der Waals surface area contributed by atoms with Gasteiger partial charge in [-0.3, -0.25) is 0 Å². The summed E-state index contributed by atoms with van der Waals surface area (Å²) < 4.78 is 58.9. The third-order valence-electron chi connectivity index (χ3n) is 7.66. The maximum atomic E-state index is 10.7. The average molecular weight is 675 g/mol. The van der Waals surface area contributed by atoms with Crippen LogP contribution >= 0.6 is 15.8 Å². The molecule has 2 aliphatic heterocycles. The molecule has 0 amide bonds. The predicted molar refractivity (Wildman–Crippen MR) is 151 cm³/mol. The van der Waals surface area contributed by atoms with E-state index in [9.17, 15) is 13.2 Å². The quantitative estimate of drug-likeness (QED) is 0.0890. The molecule has 0 spiro atoms. The molecule has 1 aliphatic carbocycles. The van der Waals surface area contributed by atoms with Gasteiger partial charge in [0.2, 0.25) is 0 Å². The summed E-state index contributed by atoms with van der Waals surface area (Å²) in [5.74, 6) is 0. The summed E-state index contributed by atoms with van der Waals surface area (Å²) in [5, 5.41) is 0.